The van der Waals surface area contributed by atoms with Gasteiger partial charge in [0.25, 0.3) is 0 Å². The lowest BCUT2D eigenvalue weighted by molar-refractivity contribution is -0.213. The standard InChI is InChI=1S/C9H16F2N2.C7H7FS/c10-9(11)4-8(5-9)6-13(7-8)3-1-2-12;1-9-7-4-2-6(8)3-5-7/h1-7,12H2;2-5H,1H3. The van der Waals surface area contributed by atoms with E-state index < -0.39 is 5.92 Å². The molecule has 2 fully saturated rings. The molecule has 1 aliphatic carbocycles. The van der Waals surface area contributed by atoms with E-state index in [2.05, 4.69) is 4.90 Å². The van der Waals surface area contributed by atoms with Crippen molar-refractivity contribution >= 4 is 11.8 Å². The van der Waals surface area contributed by atoms with Crippen LogP contribution < -0.4 is 5.73 Å². The summed E-state index contributed by atoms with van der Waals surface area (Å²) in [6.07, 6.45) is 3.16. The fourth-order valence-corrected chi connectivity index (χ4v) is 3.62. The average molecular weight is 332 g/mol. The van der Waals surface area contributed by atoms with Gasteiger partial charge in [0.05, 0.1) is 0 Å². The van der Waals surface area contributed by atoms with Crippen LogP contribution in [0.25, 0.3) is 0 Å². The fourth-order valence-electron chi connectivity index (χ4n) is 3.22. The predicted octanol–water partition coefficient (Wildman–Crippen LogP) is 3.61. The minimum absolute atomic E-state index is 0.0158. The SMILES string of the molecule is CSc1ccc(F)cc1.NCCCN1CC2(C1)CC(F)(F)C2. The molecule has 3 rings (SSSR count). The molecule has 6 heteroatoms. The van der Waals surface area contributed by atoms with E-state index in [4.69, 9.17) is 5.73 Å². The Kier molecular flexibility index (Phi) is 5.80. The van der Waals surface area contributed by atoms with Crippen LogP contribution in [-0.2, 0) is 0 Å². The van der Waals surface area contributed by atoms with Crippen molar-refractivity contribution in [2.45, 2.75) is 30.1 Å². The highest BCUT2D eigenvalue weighted by molar-refractivity contribution is 7.98. The van der Waals surface area contributed by atoms with E-state index in [1.54, 1.807) is 23.9 Å². The molecular weight excluding hydrogens is 309 g/mol. The van der Waals surface area contributed by atoms with Crippen molar-refractivity contribution in [3.8, 4) is 0 Å². The Bertz CT molecular complexity index is 463. The van der Waals surface area contributed by atoms with Crippen LogP contribution in [0.3, 0.4) is 0 Å². The highest BCUT2D eigenvalue weighted by atomic mass is 32.2. The smallest absolute Gasteiger partial charge is 0.249 e. The van der Waals surface area contributed by atoms with Gasteiger partial charge in [0.2, 0.25) is 5.92 Å². The summed E-state index contributed by atoms with van der Waals surface area (Å²) >= 11 is 1.61. The van der Waals surface area contributed by atoms with E-state index in [-0.39, 0.29) is 24.1 Å². The van der Waals surface area contributed by atoms with E-state index >= 15 is 0 Å². The molecule has 1 spiro atoms. The number of halogens is 3. The van der Waals surface area contributed by atoms with Crippen LogP contribution in [0.1, 0.15) is 19.3 Å². The lowest BCUT2D eigenvalue weighted by Gasteiger charge is -2.58. The van der Waals surface area contributed by atoms with Gasteiger partial charge in [-0.2, -0.15) is 0 Å². The van der Waals surface area contributed by atoms with Crippen LogP contribution in [0.5, 0.6) is 0 Å². The summed E-state index contributed by atoms with van der Waals surface area (Å²) in [7, 11) is 0. The molecule has 0 amide bonds. The van der Waals surface area contributed by atoms with Gasteiger partial charge >= 0.3 is 0 Å². The third kappa shape index (κ3) is 4.64. The number of alkyl halides is 2. The Hall–Kier alpha value is -0.720. The Morgan fingerprint density at radius 1 is 1.18 bits per heavy atom. The van der Waals surface area contributed by atoms with E-state index in [0.717, 1.165) is 31.0 Å². The van der Waals surface area contributed by atoms with Crippen LogP contribution >= 0.6 is 11.8 Å². The molecule has 0 bridgehead atoms. The molecule has 0 unspecified atom stereocenters. The van der Waals surface area contributed by atoms with Gasteiger partial charge in [0, 0.05) is 36.2 Å². The zero-order chi connectivity index (χ0) is 16.2. The number of nitrogens with zero attached hydrogens (tertiary/aromatic N) is 1. The van der Waals surface area contributed by atoms with E-state index in [1.807, 2.05) is 6.26 Å². The third-order valence-electron chi connectivity index (χ3n) is 4.11. The predicted molar refractivity (Wildman–Crippen MR) is 84.9 cm³/mol. The third-order valence-corrected chi connectivity index (χ3v) is 4.86. The zero-order valence-electron chi connectivity index (χ0n) is 12.8. The maximum Gasteiger partial charge on any atom is 0.249 e. The van der Waals surface area contributed by atoms with Crippen LogP contribution in [0.15, 0.2) is 29.2 Å². The number of likely N-dealkylation sites (tertiary alicyclic amines) is 1. The first-order valence-corrected chi connectivity index (χ1v) is 8.70. The molecule has 0 atom stereocenters. The second kappa shape index (κ2) is 7.23. The van der Waals surface area contributed by atoms with Crippen molar-refractivity contribution < 1.29 is 13.2 Å². The first kappa shape index (κ1) is 17.6. The van der Waals surface area contributed by atoms with Gasteiger partial charge < -0.3 is 10.6 Å². The molecule has 2 nitrogen and oxygen atoms in total. The van der Waals surface area contributed by atoms with Crippen LogP contribution in [-0.4, -0.2) is 43.3 Å². The fraction of sp³-hybridized carbons (Fsp3) is 0.625. The van der Waals surface area contributed by atoms with Crippen LogP contribution in [0, 0.1) is 11.2 Å². The number of rotatable bonds is 4. The minimum Gasteiger partial charge on any atom is -0.330 e. The summed E-state index contributed by atoms with van der Waals surface area (Å²) in [5, 5.41) is 0. The number of thioether (sulfide) groups is 1. The number of benzene rings is 1. The lowest BCUT2D eigenvalue weighted by Crippen LogP contribution is -2.65. The first-order chi connectivity index (χ1) is 10.4. The number of hydrogen-bond donors (Lipinski definition) is 1. The molecule has 22 heavy (non-hydrogen) atoms. The molecule has 2 N–H and O–H groups in total. The van der Waals surface area contributed by atoms with E-state index in [1.165, 1.54) is 12.1 Å². The highest BCUT2D eigenvalue weighted by Gasteiger charge is 2.61. The summed E-state index contributed by atoms with van der Waals surface area (Å²) < 4.78 is 37.4. The number of hydrogen-bond acceptors (Lipinski definition) is 3. The molecule has 1 saturated carbocycles. The molecule has 1 aromatic rings. The molecule has 124 valence electrons. The van der Waals surface area contributed by atoms with Crippen molar-refractivity contribution in [2.75, 3.05) is 32.4 Å². The maximum absolute atomic E-state index is 12.6. The summed E-state index contributed by atoms with van der Waals surface area (Å²) in [5.74, 6) is -2.53. The van der Waals surface area contributed by atoms with Gasteiger partial charge in [-0.15, -0.1) is 11.8 Å². The topological polar surface area (TPSA) is 29.3 Å². The summed E-state index contributed by atoms with van der Waals surface area (Å²) in [6.45, 7) is 3.40. The van der Waals surface area contributed by atoms with Crippen molar-refractivity contribution in [3.05, 3.63) is 30.1 Å². The van der Waals surface area contributed by atoms with Crippen LogP contribution in [0.4, 0.5) is 13.2 Å². The zero-order valence-corrected chi connectivity index (χ0v) is 13.6. The molecular formula is C16H23F3N2S. The van der Waals surface area contributed by atoms with Gasteiger partial charge in [-0.25, -0.2) is 13.2 Å². The molecule has 0 radical (unpaired) electrons. The monoisotopic (exact) mass is 332 g/mol. The van der Waals surface area contributed by atoms with Crippen molar-refractivity contribution in [1.29, 1.82) is 0 Å². The van der Waals surface area contributed by atoms with Gasteiger partial charge in [0.15, 0.2) is 0 Å². The minimum atomic E-state index is -2.36. The number of nitrogens with two attached hydrogens (primary N) is 1. The Balaban J connectivity index is 0.000000172. The lowest BCUT2D eigenvalue weighted by atomic mass is 9.61. The normalized spacial score (nSPS) is 21.5. The van der Waals surface area contributed by atoms with Crippen LogP contribution in [0.2, 0.25) is 0 Å². The molecule has 1 aliphatic heterocycles. The molecule has 1 saturated heterocycles. The van der Waals surface area contributed by atoms with Crippen molar-refractivity contribution in [2.24, 2.45) is 11.1 Å². The maximum atomic E-state index is 12.6. The molecule has 1 aromatic carbocycles. The van der Waals surface area contributed by atoms with Crippen molar-refractivity contribution in [3.63, 3.8) is 0 Å². The Labute approximate surface area is 134 Å². The second-order valence-electron chi connectivity index (χ2n) is 6.22. The molecule has 0 aromatic heterocycles. The Morgan fingerprint density at radius 3 is 2.23 bits per heavy atom. The average Bonchev–Trinajstić information content (AvgIpc) is 2.42. The Morgan fingerprint density at radius 2 is 1.77 bits per heavy atom. The van der Waals surface area contributed by atoms with Gasteiger partial charge in [0.1, 0.15) is 5.82 Å². The summed E-state index contributed by atoms with van der Waals surface area (Å²) in [6, 6.07) is 6.46. The van der Waals surface area contributed by atoms with E-state index in [9.17, 15) is 13.2 Å². The van der Waals surface area contributed by atoms with Gasteiger partial charge in [-0.1, -0.05) is 0 Å². The quantitative estimate of drug-likeness (QED) is 0.854. The second-order valence-corrected chi connectivity index (χ2v) is 7.10. The van der Waals surface area contributed by atoms with E-state index in [0.29, 0.717) is 6.54 Å². The van der Waals surface area contributed by atoms with Gasteiger partial charge in [-0.3, -0.25) is 0 Å². The molecule has 2 aliphatic rings. The highest BCUT2D eigenvalue weighted by Crippen LogP contribution is 2.56. The largest absolute Gasteiger partial charge is 0.330 e. The van der Waals surface area contributed by atoms with Gasteiger partial charge in [-0.05, 0) is 50.0 Å². The molecule has 1 heterocycles. The summed E-state index contributed by atoms with van der Waals surface area (Å²) in [5.41, 5.74) is 5.35. The summed E-state index contributed by atoms with van der Waals surface area (Å²) in [4.78, 5) is 3.32. The first-order valence-electron chi connectivity index (χ1n) is 7.48. The van der Waals surface area contributed by atoms with Crippen molar-refractivity contribution in [1.82, 2.24) is 4.90 Å².